The van der Waals surface area contributed by atoms with Crippen LogP contribution in [0, 0.1) is 5.92 Å². The lowest BCUT2D eigenvalue weighted by atomic mass is 9.93. The number of hydrogen-bond donors (Lipinski definition) is 1. The average Bonchev–Trinajstić information content (AvgIpc) is 2.35. The maximum atomic E-state index is 11.6. The third-order valence-electron chi connectivity index (χ3n) is 3.45. The zero-order valence-electron chi connectivity index (χ0n) is 10.7. The molecule has 1 heterocycles. The second kappa shape index (κ2) is 6.86. The van der Waals surface area contributed by atoms with Crippen LogP contribution in [0.1, 0.15) is 26.7 Å². The molecule has 0 spiro atoms. The summed E-state index contributed by atoms with van der Waals surface area (Å²) in [6.07, 6.45) is 2.21. The van der Waals surface area contributed by atoms with Crippen LogP contribution in [0.25, 0.3) is 0 Å². The van der Waals surface area contributed by atoms with Crippen molar-refractivity contribution in [3.8, 4) is 0 Å². The van der Waals surface area contributed by atoms with E-state index in [2.05, 4.69) is 12.2 Å². The van der Waals surface area contributed by atoms with Gasteiger partial charge < -0.3 is 15.0 Å². The van der Waals surface area contributed by atoms with Crippen molar-refractivity contribution in [2.45, 2.75) is 32.7 Å². The first kappa shape index (κ1) is 13.5. The van der Waals surface area contributed by atoms with E-state index in [-0.39, 0.29) is 5.91 Å². The molecule has 1 N–H and O–H groups in total. The molecular weight excluding hydrogens is 204 g/mol. The van der Waals surface area contributed by atoms with E-state index in [1.54, 1.807) is 4.90 Å². The Morgan fingerprint density at radius 2 is 2.12 bits per heavy atom. The maximum Gasteiger partial charge on any atom is 0.236 e. The van der Waals surface area contributed by atoms with E-state index in [9.17, 15) is 4.79 Å². The van der Waals surface area contributed by atoms with Crippen LogP contribution in [-0.2, 0) is 9.53 Å². The van der Waals surface area contributed by atoms with Crippen LogP contribution >= 0.6 is 0 Å². The van der Waals surface area contributed by atoms with Crippen LogP contribution in [0.15, 0.2) is 0 Å². The zero-order valence-corrected chi connectivity index (χ0v) is 10.7. The van der Waals surface area contributed by atoms with Crippen molar-refractivity contribution in [2.24, 2.45) is 5.92 Å². The third-order valence-corrected chi connectivity index (χ3v) is 3.45. The SMILES string of the molecule is CCN(C)C(=O)CNC(C)C1CCOCC1. The lowest BCUT2D eigenvalue weighted by molar-refractivity contribution is -0.128. The van der Waals surface area contributed by atoms with E-state index in [1.807, 2.05) is 14.0 Å². The summed E-state index contributed by atoms with van der Waals surface area (Å²) in [7, 11) is 1.84. The molecule has 1 aliphatic heterocycles. The highest BCUT2D eigenvalue weighted by Gasteiger charge is 2.20. The summed E-state index contributed by atoms with van der Waals surface area (Å²) < 4.78 is 5.33. The number of nitrogens with one attached hydrogen (secondary N) is 1. The molecule has 1 aliphatic rings. The van der Waals surface area contributed by atoms with Gasteiger partial charge in [0.25, 0.3) is 0 Å². The van der Waals surface area contributed by atoms with Crippen molar-refractivity contribution in [2.75, 3.05) is 33.4 Å². The largest absolute Gasteiger partial charge is 0.381 e. The van der Waals surface area contributed by atoms with Gasteiger partial charge in [-0.3, -0.25) is 4.79 Å². The van der Waals surface area contributed by atoms with Gasteiger partial charge in [-0.15, -0.1) is 0 Å². The number of amides is 1. The highest BCUT2D eigenvalue weighted by Crippen LogP contribution is 2.18. The predicted molar refractivity (Wildman–Crippen MR) is 64.3 cm³/mol. The quantitative estimate of drug-likeness (QED) is 0.759. The van der Waals surface area contributed by atoms with Gasteiger partial charge in [0.15, 0.2) is 0 Å². The van der Waals surface area contributed by atoms with Gasteiger partial charge in [-0.2, -0.15) is 0 Å². The molecule has 1 saturated heterocycles. The van der Waals surface area contributed by atoms with Gasteiger partial charge in [-0.1, -0.05) is 0 Å². The highest BCUT2D eigenvalue weighted by molar-refractivity contribution is 5.77. The topological polar surface area (TPSA) is 41.6 Å². The molecule has 0 aromatic heterocycles. The predicted octanol–water partition coefficient (Wildman–Crippen LogP) is 0.869. The Morgan fingerprint density at radius 3 is 2.69 bits per heavy atom. The van der Waals surface area contributed by atoms with Crippen molar-refractivity contribution >= 4 is 5.91 Å². The summed E-state index contributed by atoms with van der Waals surface area (Å²) in [6, 6.07) is 0.401. The Kier molecular flexibility index (Phi) is 5.77. The molecule has 0 aromatic rings. The summed E-state index contributed by atoms with van der Waals surface area (Å²) in [5.74, 6) is 0.815. The molecule has 0 saturated carbocycles. The molecule has 1 atom stereocenters. The fourth-order valence-corrected chi connectivity index (χ4v) is 1.94. The molecule has 0 aliphatic carbocycles. The van der Waals surface area contributed by atoms with Gasteiger partial charge in [0.2, 0.25) is 5.91 Å². The average molecular weight is 228 g/mol. The summed E-state index contributed by atoms with van der Waals surface area (Å²) in [5, 5.41) is 3.32. The Labute approximate surface area is 98.3 Å². The van der Waals surface area contributed by atoms with E-state index in [4.69, 9.17) is 4.74 Å². The molecule has 1 fully saturated rings. The lowest BCUT2D eigenvalue weighted by Crippen LogP contribution is -2.43. The third kappa shape index (κ3) is 4.10. The summed E-state index contributed by atoms with van der Waals surface area (Å²) >= 11 is 0. The van der Waals surface area contributed by atoms with Crippen LogP contribution in [0.4, 0.5) is 0 Å². The molecule has 0 aromatic carbocycles. The Hall–Kier alpha value is -0.610. The van der Waals surface area contributed by atoms with Gasteiger partial charge in [0.1, 0.15) is 0 Å². The highest BCUT2D eigenvalue weighted by atomic mass is 16.5. The monoisotopic (exact) mass is 228 g/mol. The van der Waals surface area contributed by atoms with Crippen LogP contribution in [0.3, 0.4) is 0 Å². The molecule has 1 rings (SSSR count). The van der Waals surface area contributed by atoms with Crippen molar-refractivity contribution in [3.05, 3.63) is 0 Å². The van der Waals surface area contributed by atoms with E-state index in [0.29, 0.717) is 18.5 Å². The number of nitrogens with zero attached hydrogens (tertiary/aromatic N) is 1. The van der Waals surface area contributed by atoms with E-state index in [0.717, 1.165) is 32.6 Å². The smallest absolute Gasteiger partial charge is 0.236 e. The first-order valence-electron chi connectivity index (χ1n) is 6.20. The van der Waals surface area contributed by atoms with Gasteiger partial charge in [-0.05, 0) is 32.6 Å². The Balaban J connectivity index is 2.23. The summed E-state index contributed by atoms with van der Waals surface area (Å²) in [5.41, 5.74) is 0. The van der Waals surface area contributed by atoms with Crippen LogP contribution in [0.2, 0.25) is 0 Å². The van der Waals surface area contributed by atoms with E-state index < -0.39 is 0 Å². The Bertz CT molecular complexity index is 215. The molecule has 0 bridgehead atoms. The number of rotatable bonds is 5. The fourth-order valence-electron chi connectivity index (χ4n) is 1.94. The standard InChI is InChI=1S/C12H24N2O2/c1-4-14(3)12(15)9-13-10(2)11-5-7-16-8-6-11/h10-11,13H,4-9H2,1-3H3. The van der Waals surface area contributed by atoms with Crippen LogP contribution < -0.4 is 5.32 Å². The van der Waals surface area contributed by atoms with Crippen molar-refractivity contribution < 1.29 is 9.53 Å². The van der Waals surface area contributed by atoms with Gasteiger partial charge in [0.05, 0.1) is 6.54 Å². The van der Waals surface area contributed by atoms with Crippen molar-refractivity contribution in [1.82, 2.24) is 10.2 Å². The first-order valence-corrected chi connectivity index (χ1v) is 6.20. The van der Waals surface area contributed by atoms with E-state index in [1.165, 1.54) is 0 Å². The fraction of sp³-hybridized carbons (Fsp3) is 0.917. The molecular formula is C12H24N2O2. The number of carbonyl (C=O) groups excluding carboxylic acids is 1. The maximum absolute atomic E-state index is 11.6. The van der Waals surface area contributed by atoms with Gasteiger partial charge in [0, 0.05) is 32.8 Å². The number of ether oxygens (including phenoxy) is 1. The molecule has 1 unspecified atom stereocenters. The minimum absolute atomic E-state index is 0.168. The van der Waals surface area contributed by atoms with Crippen molar-refractivity contribution in [1.29, 1.82) is 0 Å². The Morgan fingerprint density at radius 1 is 1.50 bits per heavy atom. The van der Waals surface area contributed by atoms with Crippen molar-refractivity contribution in [3.63, 3.8) is 0 Å². The van der Waals surface area contributed by atoms with E-state index >= 15 is 0 Å². The molecule has 16 heavy (non-hydrogen) atoms. The van der Waals surface area contributed by atoms with Crippen LogP contribution in [0.5, 0.6) is 0 Å². The molecule has 94 valence electrons. The second-order valence-electron chi connectivity index (χ2n) is 4.53. The van der Waals surface area contributed by atoms with Crippen LogP contribution in [-0.4, -0.2) is 50.2 Å². The molecule has 1 amide bonds. The summed E-state index contributed by atoms with van der Waals surface area (Å²) in [6.45, 7) is 7.09. The number of likely N-dealkylation sites (N-methyl/N-ethyl adjacent to an activating group) is 1. The minimum Gasteiger partial charge on any atom is -0.381 e. The zero-order chi connectivity index (χ0) is 12.0. The second-order valence-corrected chi connectivity index (χ2v) is 4.53. The molecule has 4 heteroatoms. The number of carbonyl (C=O) groups is 1. The lowest BCUT2D eigenvalue weighted by Gasteiger charge is -2.28. The summed E-state index contributed by atoms with van der Waals surface area (Å²) in [4.78, 5) is 13.3. The molecule has 0 radical (unpaired) electrons. The molecule has 4 nitrogen and oxygen atoms in total. The number of hydrogen-bond acceptors (Lipinski definition) is 3. The minimum atomic E-state index is 0.168. The first-order chi connectivity index (χ1) is 7.65. The van der Waals surface area contributed by atoms with Gasteiger partial charge >= 0.3 is 0 Å². The normalized spacial score (nSPS) is 19.4. The van der Waals surface area contributed by atoms with Gasteiger partial charge in [-0.25, -0.2) is 0 Å².